The first-order valence-electron chi connectivity index (χ1n) is 6.14. The first-order chi connectivity index (χ1) is 8.99. The molecule has 7 heteroatoms. The molecule has 1 rings (SSSR count). The zero-order valence-corrected chi connectivity index (χ0v) is 10.9. The Hall–Kier alpha value is -2.18. The van der Waals surface area contributed by atoms with Gasteiger partial charge in [-0.05, 0) is 5.92 Å². The minimum atomic E-state index is -0.659. The fourth-order valence-electron chi connectivity index (χ4n) is 1.66. The Kier molecular flexibility index (Phi) is 5.23. The highest BCUT2D eigenvalue weighted by atomic mass is 16.6. The monoisotopic (exact) mass is 267 g/mol. The van der Waals surface area contributed by atoms with Gasteiger partial charge < -0.3 is 10.3 Å². The van der Waals surface area contributed by atoms with Crippen molar-refractivity contribution >= 4 is 11.6 Å². The number of nitro groups is 1. The van der Waals surface area contributed by atoms with Crippen LogP contribution in [0.1, 0.15) is 37.0 Å². The molecule has 1 amide bonds. The van der Waals surface area contributed by atoms with E-state index in [-0.39, 0.29) is 11.3 Å². The van der Waals surface area contributed by atoms with E-state index in [4.69, 9.17) is 0 Å². The molecule has 104 valence electrons. The Labute approximate surface area is 110 Å². The van der Waals surface area contributed by atoms with Gasteiger partial charge in [-0.3, -0.25) is 19.7 Å². The molecule has 1 aromatic rings. The zero-order valence-electron chi connectivity index (χ0n) is 10.9. The average Bonchev–Trinajstić information content (AvgIpc) is 2.39. The largest absolute Gasteiger partial charge is 0.352 e. The van der Waals surface area contributed by atoms with Crippen LogP contribution in [0.15, 0.2) is 17.1 Å². The standard InChI is InChI=1S/C12H17N3O4/c1-3-8(4-2)6-13-11(16)10-5-9(15(18)19)7-14-12(10)17/h5,7-8H,3-4,6H2,1-2H3,(H,13,16)(H,14,17). The second-order valence-corrected chi connectivity index (χ2v) is 4.25. The summed E-state index contributed by atoms with van der Waals surface area (Å²) in [5, 5.41) is 13.2. The summed E-state index contributed by atoms with van der Waals surface area (Å²) in [6, 6.07) is 0.987. The van der Waals surface area contributed by atoms with Gasteiger partial charge in [0.05, 0.1) is 11.1 Å². The molecule has 0 spiro atoms. The van der Waals surface area contributed by atoms with Gasteiger partial charge in [0, 0.05) is 12.6 Å². The topological polar surface area (TPSA) is 105 Å². The van der Waals surface area contributed by atoms with Gasteiger partial charge in [0.1, 0.15) is 5.56 Å². The normalized spacial score (nSPS) is 10.5. The van der Waals surface area contributed by atoms with Crippen LogP contribution in [0.3, 0.4) is 0 Å². The van der Waals surface area contributed by atoms with Crippen LogP contribution in [0.2, 0.25) is 0 Å². The predicted octanol–water partition coefficient (Wildman–Crippen LogP) is 1.45. The predicted molar refractivity (Wildman–Crippen MR) is 70.1 cm³/mol. The van der Waals surface area contributed by atoms with Crippen LogP contribution in [0.4, 0.5) is 5.69 Å². The number of rotatable bonds is 6. The SMILES string of the molecule is CCC(CC)CNC(=O)c1cc([N+](=O)[O-])c[nH]c1=O. The van der Waals surface area contributed by atoms with Gasteiger partial charge in [-0.15, -0.1) is 0 Å². The van der Waals surface area contributed by atoms with Gasteiger partial charge in [0.25, 0.3) is 17.2 Å². The van der Waals surface area contributed by atoms with Crippen molar-refractivity contribution in [1.29, 1.82) is 0 Å². The molecule has 0 saturated heterocycles. The maximum atomic E-state index is 11.8. The molecule has 0 fully saturated rings. The minimum Gasteiger partial charge on any atom is -0.352 e. The Balaban J connectivity index is 2.84. The Morgan fingerprint density at radius 3 is 2.63 bits per heavy atom. The molecule has 2 N–H and O–H groups in total. The van der Waals surface area contributed by atoms with E-state index in [1.54, 1.807) is 0 Å². The lowest BCUT2D eigenvalue weighted by Gasteiger charge is -2.12. The lowest BCUT2D eigenvalue weighted by molar-refractivity contribution is -0.385. The van der Waals surface area contributed by atoms with Crippen LogP contribution in [0.5, 0.6) is 0 Å². The molecule has 0 aliphatic carbocycles. The van der Waals surface area contributed by atoms with Crippen molar-refractivity contribution in [3.8, 4) is 0 Å². The fourth-order valence-corrected chi connectivity index (χ4v) is 1.66. The van der Waals surface area contributed by atoms with Gasteiger partial charge >= 0.3 is 0 Å². The number of H-pyrrole nitrogens is 1. The molecule has 0 unspecified atom stereocenters. The first-order valence-corrected chi connectivity index (χ1v) is 6.14. The molecule has 1 heterocycles. The van der Waals surface area contributed by atoms with Crippen molar-refractivity contribution in [2.24, 2.45) is 5.92 Å². The van der Waals surface area contributed by atoms with E-state index < -0.39 is 16.4 Å². The Morgan fingerprint density at radius 1 is 1.47 bits per heavy atom. The van der Waals surface area contributed by atoms with Gasteiger partial charge in [-0.1, -0.05) is 26.7 Å². The van der Waals surface area contributed by atoms with Crippen molar-refractivity contribution in [2.75, 3.05) is 6.54 Å². The minimum absolute atomic E-state index is 0.236. The first kappa shape index (κ1) is 14.9. The van der Waals surface area contributed by atoms with E-state index in [1.807, 2.05) is 13.8 Å². The molecule has 0 aromatic carbocycles. The lowest BCUT2D eigenvalue weighted by Crippen LogP contribution is -2.33. The number of amides is 1. The Morgan fingerprint density at radius 2 is 2.11 bits per heavy atom. The quantitative estimate of drug-likeness (QED) is 0.601. The summed E-state index contributed by atoms with van der Waals surface area (Å²) in [6.07, 6.45) is 2.81. The number of nitrogens with zero attached hydrogens (tertiary/aromatic N) is 1. The fraction of sp³-hybridized carbons (Fsp3) is 0.500. The highest BCUT2D eigenvalue weighted by Crippen LogP contribution is 2.09. The summed E-state index contributed by atoms with van der Waals surface area (Å²) in [6.45, 7) is 4.48. The van der Waals surface area contributed by atoms with Gasteiger partial charge in [-0.25, -0.2) is 0 Å². The molecule has 7 nitrogen and oxygen atoms in total. The highest BCUT2D eigenvalue weighted by Gasteiger charge is 2.16. The molecule has 0 atom stereocenters. The second kappa shape index (κ2) is 6.67. The second-order valence-electron chi connectivity index (χ2n) is 4.25. The number of aromatic amines is 1. The summed E-state index contributed by atoms with van der Waals surface area (Å²) < 4.78 is 0. The van der Waals surface area contributed by atoms with Gasteiger partial charge in [0.2, 0.25) is 0 Å². The summed E-state index contributed by atoms with van der Waals surface area (Å²) in [4.78, 5) is 35.4. The van der Waals surface area contributed by atoms with E-state index in [0.29, 0.717) is 12.5 Å². The molecule has 0 bridgehead atoms. The average molecular weight is 267 g/mol. The van der Waals surface area contributed by atoms with E-state index >= 15 is 0 Å². The zero-order chi connectivity index (χ0) is 14.4. The van der Waals surface area contributed by atoms with Gasteiger partial charge in [-0.2, -0.15) is 0 Å². The molecular formula is C12H17N3O4. The van der Waals surface area contributed by atoms with E-state index in [2.05, 4.69) is 10.3 Å². The number of aromatic nitrogens is 1. The van der Waals surface area contributed by atoms with Crippen LogP contribution in [-0.4, -0.2) is 22.4 Å². The maximum absolute atomic E-state index is 11.8. The van der Waals surface area contributed by atoms with Crippen molar-refractivity contribution in [2.45, 2.75) is 26.7 Å². The van der Waals surface area contributed by atoms with Crippen molar-refractivity contribution in [1.82, 2.24) is 10.3 Å². The third-order valence-electron chi connectivity index (χ3n) is 3.05. The van der Waals surface area contributed by atoms with E-state index in [9.17, 15) is 19.7 Å². The number of hydrogen-bond acceptors (Lipinski definition) is 4. The number of carbonyl (C=O) groups excluding carboxylic acids is 1. The summed E-state index contributed by atoms with van der Waals surface area (Å²) in [7, 11) is 0. The van der Waals surface area contributed by atoms with Crippen molar-refractivity contribution < 1.29 is 9.72 Å². The summed E-state index contributed by atoms with van der Waals surface area (Å²) in [5.41, 5.74) is -1.18. The lowest BCUT2D eigenvalue weighted by atomic mass is 10.0. The molecule has 0 aliphatic rings. The molecular weight excluding hydrogens is 250 g/mol. The third-order valence-corrected chi connectivity index (χ3v) is 3.05. The van der Waals surface area contributed by atoms with E-state index in [1.165, 1.54) is 0 Å². The van der Waals surface area contributed by atoms with E-state index in [0.717, 1.165) is 25.1 Å². The van der Waals surface area contributed by atoms with Crippen LogP contribution < -0.4 is 10.9 Å². The number of pyridine rings is 1. The van der Waals surface area contributed by atoms with Crippen LogP contribution in [-0.2, 0) is 0 Å². The van der Waals surface area contributed by atoms with Gasteiger partial charge in [0.15, 0.2) is 0 Å². The Bertz CT molecular complexity index is 520. The molecule has 0 aliphatic heterocycles. The van der Waals surface area contributed by atoms with Crippen molar-refractivity contribution in [3.63, 3.8) is 0 Å². The van der Waals surface area contributed by atoms with Crippen LogP contribution >= 0.6 is 0 Å². The summed E-state index contributed by atoms with van der Waals surface area (Å²) in [5.74, 6) is -0.251. The molecule has 1 aromatic heterocycles. The third kappa shape index (κ3) is 3.90. The smallest absolute Gasteiger partial charge is 0.286 e. The number of nitrogens with one attached hydrogen (secondary N) is 2. The maximum Gasteiger partial charge on any atom is 0.286 e. The van der Waals surface area contributed by atoms with Crippen LogP contribution in [0, 0.1) is 16.0 Å². The van der Waals surface area contributed by atoms with Crippen molar-refractivity contribution in [3.05, 3.63) is 38.3 Å². The molecule has 0 radical (unpaired) electrons. The van der Waals surface area contributed by atoms with Crippen LogP contribution in [0.25, 0.3) is 0 Å². The molecule has 0 saturated carbocycles. The molecule has 19 heavy (non-hydrogen) atoms. The highest BCUT2D eigenvalue weighted by molar-refractivity contribution is 5.94. The number of hydrogen-bond donors (Lipinski definition) is 2. The number of carbonyl (C=O) groups is 1. The summed E-state index contributed by atoms with van der Waals surface area (Å²) >= 11 is 0.